The quantitative estimate of drug-likeness (QED) is 0.107. The van der Waals surface area contributed by atoms with E-state index in [0.29, 0.717) is 46.6 Å². The molecule has 1 aliphatic carbocycles. The van der Waals surface area contributed by atoms with E-state index >= 15 is 0 Å². The normalized spacial score (nSPS) is 11.5. The van der Waals surface area contributed by atoms with Gasteiger partial charge in [-0.25, -0.2) is 9.37 Å². The SMILES string of the molecule is CCN(CCOC(=O)Nc1ccccc1)c1ccc2c(-c3ccccc3S(=O)(=O)O)c3ccc(=[N+](CC)CC)cc-3oc2c1. The summed E-state index contributed by atoms with van der Waals surface area (Å²) in [5.74, 6) is 0.586. The van der Waals surface area contributed by atoms with Crippen LogP contribution in [-0.4, -0.2) is 51.8 Å². The number of nitrogens with one attached hydrogen (secondary N) is 1. The molecule has 1 aliphatic heterocycles. The second-order valence-corrected chi connectivity index (χ2v) is 11.6. The molecular formula is C34H36N3O6S+. The van der Waals surface area contributed by atoms with Crippen molar-refractivity contribution in [1.82, 2.24) is 4.58 Å². The summed E-state index contributed by atoms with van der Waals surface area (Å²) in [7, 11) is -4.51. The molecule has 0 bridgehead atoms. The minimum absolute atomic E-state index is 0.166. The smallest absolute Gasteiger partial charge is 0.411 e. The molecule has 3 aromatic carbocycles. The van der Waals surface area contributed by atoms with E-state index in [1.54, 1.807) is 30.3 Å². The minimum atomic E-state index is -4.51. The third-order valence-electron chi connectivity index (χ3n) is 7.61. The molecule has 3 aromatic rings. The number of amides is 1. The summed E-state index contributed by atoms with van der Waals surface area (Å²) >= 11 is 0. The van der Waals surface area contributed by atoms with Gasteiger partial charge in [-0.15, -0.1) is 0 Å². The van der Waals surface area contributed by atoms with E-state index in [-0.39, 0.29) is 11.5 Å². The third-order valence-corrected chi connectivity index (χ3v) is 8.53. The number of benzene rings is 4. The number of para-hydroxylation sites is 1. The molecule has 0 saturated carbocycles. The fourth-order valence-corrected chi connectivity index (χ4v) is 6.13. The number of carbonyl (C=O) groups is 1. The standard InChI is InChI=1S/C34H35N3O6S/c1-4-36(5-2)25-16-18-27-30(22-25)43-31-23-26(37(6-3)20-21-42-34(38)35-24-12-8-7-9-13-24)17-19-28(31)33(27)29-14-10-11-15-32(29)44(39,40)41/h7-19,22-23H,4-6,20-21H2,1-3H3,(H-,35,38,39,40,41)/p+1. The summed E-state index contributed by atoms with van der Waals surface area (Å²) < 4.78 is 49.1. The second-order valence-electron chi connectivity index (χ2n) is 10.2. The van der Waals surface area contributed by atoms with Crippen LogP contribution < -0.4 is 20.1 Å². The lowest BCUT2D eigenvalue weighted by atomic mass is 9.93. The van der Waals surface area contributed by atoms with E-state index in [0.717, 1.165) is 29.7 Å². The Morgan fingerprint density at radius 3 is 2.34 bits per heavy atom. The van der Waals surface area contributed by atoms with E-state index in [2.05, 4.69) is 28.6 Å². The molecule has 9 nitrogen and oxygen atoms in total. The van der Waals surface area contributed by atoms with Gasteiger partial charge in [-0.1, -0.05) is 36.4 Å². The molecule has 44 heavy (non-hydrogen) atoms. The van der Waals surface area contributed by atoms with Crippen LogP contribution >= 0.6 is 0 Å². The zero-order valence-electron chi connectivity index (χ0n) is 25.0. The van der Waals surface area contributed by atoms with Crippen molar-refractivity contribution in [2.45, 2.75) is 25.7 Å². The molecule has 5 rings (SSSR count). The number of nitrogens with zero attached hydrogens (tertiary/aromatic N) is 2. The van der Waals surface area contributed by atoms with Crippen molar-refractivity contribution in [2.24, 2.45) is 0 Å². The van der Waals surface area contributed by atoms with Crippen LogP contribution in [0.15, 0.2) is 100 Å². The van der Waals surface area contributed by atoms with E-state index in [1.807, 2.05) is 61.5 Å². The van der Waals surface area contributed by atoms with Gasteiger partial charge in [-0.2, -0.15) is 8.42 Å². The van der Waals surface area contributed by atoms with Gasteiger partial charge in [0.25, 0.3) is 10.1 Å². The van der Waals surface area contributed by atoms with Gasteiger partial charge in [0, 0.05) is 52.1 Å². The predicted octanol–water partition coefficient (Wildman–Crippen LogP) is 6.34. The van der Waals surface area contributed by atoms with E-state index in [1.165, 1.54) is 6.07 Å². The first-order chi connectivity index (χ1) is 21.2. The summed E-state index contributed by atoms with van der Waals surface area (Å²) in [6.07, 6.45) is -0.529. The lowest BCUT2D eigenvalue weighted by Gasteiger charge is -2.24. The van der Waals surface area contributed by atoms with Crippen molar-refractivity contribution in [3.8, 4) is 22.5 Å². The van der Waals surface area contributed by atoms with Crippen molar-refractivity contribution in [3.63, 3.8) is 0 Å². The van der Waals surface area contributed by atoms with Crippen LogP contribution in [0.5, 0.6) is 0 Å². The van der Waals surface area contributed by atoms with Gasteiger partial charge in [0.2, 0.25) is 5.36 Å². The van der Waals surface area contributed by atoms with Gasteiger partial charge in [0.15, 0.2) is 0 Å². The molecular weight excluding hydrogens is 578 g/mol. The van der Waals surface area contributed by atoms with Crippen LogP contribution in [0.1, 0.15) is 20.8 Å². The average Bonchev–Trinajstić information content (AvgIpc) is 3.02. The molecule has 2 aliphatic rings. The molecule has 2 N–H and O–H groups in total. The van der Waals surface area contributed by atoms with Gasteiger partial charge in [0.1, 0.15) is 35.9 Å². The van der Waals surface area contributed by atoms with Gasteiger partial charge >= 0.3 is 6.09 Å². The highest BCUT2D eigenvalue weighted by molar-refractivity contribution is 7.86. The second kappa shape index (κ2) is 13.3. The van der Waals surface area contributed by atoms with E-state index < -0.39 is 16.2 Å². The number of likely N-dealkylation sites (N-methyl/N-ethyl adjacent to an activating group) is 1. The maximum absolute atomic E-state index is 12.4. The summed E-state index contributed by atoms with van der Waals surface area (Å²) in [4.78, 5) is 14.2. The van der Waals surface area contributed by atoms with Crippen molar-refractivity contribution in [1.29, 1.82) is 0 Å². The van der Waals surface area contributed by atoms with Crippen LogP contribution in [0.3, 0.4) is 0 Å². The average molecular weight is 615 g/mol. The number of ether oxygens (including phenoxy) is 1. The molecule has 1 amide bonds. The summed E-state index contributed by atoms with van der Waals surface area (Å²) in [5, 5.41) is 4.39. The van der Waals surface area contributed by atoms with Gasteiger partial charge in [-0.05, 0) is 57.2 Å². The summed E-state index contributed by atoms with van der Waals surface area (Å²) in [6, 6.07) is 27.2. The molecule has 0 fully saturated rings. The molecule has 1 heterocycles. The Balaban J connectivity index is 1.57. The number of rotatable bonds is 10. The molecule has 0 aromatic heterocycles. The van der Waals surface area contributed by atoms with Crippen LogP contribution in [0.25, 0.3) is 33.4 Å². The molecule has 0 spiro atoms. The van der Waals surface area contributed by atoms with Gasteiger partial charge < -0.3 is 14.1 Å². The van der Waals surface area contributed by atoms with E-state index in [9.17, 15) is 17.8 Å². The monoisotopic (exact) mass is 614 g/mol. The lowest BCUT2D eigenvalue weighted by molar-refractivity contribution is 0.164. The zero-order valence-corrected chi connectivity index (χ0v) is 25.8. The first-order valence-electron chi connectivity index (χ1n) is 14.6. The maximum atomic E-state index is 12.4. The highest BCUT2D eigenvalue weighted by Crippen LogP contribution is 2.42. The Hall–Kier alpha value is -4.67. The third kappa shape index (κ3) is 6.61. The molecule has 10 heteroatoms. The van der Waals surface area contributed by atoms with Crippen molar-refractivity contribution >= 4 is 38.6 Å². The van der Waals surface area contributed by atoms with E-state index in [4.69, 9.17) is 9.15 Å². The number of hydrogen-bond acceptors (Lipinski definition) is 6. The fraction of sp³-hybridized carbons (Fsp3) is 0.235. The first kappa shape index (κ1) is 30.8. The maximum Gasteiger partial charge on any atom is 0.411 e. The number of fused-ring (bicyclic) bond motifs is 2. The Kier molecular flexibility index (Phi) is 9.32. The minimum Gasteiger partial charge on any atom is -0.456 e. The zero-order chi connectivity index (χ0) is 31.3. The van der Waals surface area contributed by atoms with Crippen LogP contribution in [0.4, 0.5) is 16.2 Å². The van der Waals surface area contributed by atoms with Crippen molar-refractivity contribution in [3.05, 3.63) is 96.4 Å². The van der Waals surface area contributed by atoms with Crippen LogP contribution in [0, 0.1) is 0 Å². The molecule has 0 unspecified atom stereocenters. The molecule has 0 radical (unpaired) electrons. The number of anilines is 2. The largest absolute Gasteiger partial charge is 0.456 e. The Morgan fingerprint density at radius 2 is 1.64 bits per heavy atom. The topological polar surface area (TPSA) is 112 Å². The van der Waals surface area contributed by atoms with Crippen molar-refractivity contribution in [2.75, 3.05) is 43.0 Å². The highest BCUT2D eigenvalue weighted by atomic mass is 32.2. The van der Waals surface area contributed by atoms with Crippen LogP contribution in [-0.2, 0) is 14.9 Å². The first-order valence-corrected chi connectivity index (χ1v) is 16.1. The molecule has 228 valence electrons. The van der Waals surface area contributed by atoms with Crippen molar-refractivity contribution < 1.29 is 26.9 Å². The van der Waals surface area contributed by atoms with Gasteiger partial charge in [-0.3, -0.25) is 9.87 Å². The Morgan fingerprint density at radius 1 is 0.909 bits per heavy atom. The fourth-order valence-electron chi connectivity index (χ4n) is 5.43. The number of carbonyl (C=O) groups excluding carboxylic acids is 1. The summed E-state index contributed by atoms with van der Waals surface area (Å²) in [5.41, 5.74) is 3.81. The Labute approximate surface area is 257 Å². The summed E-state index contributed by atoms with van der Waals surface area (Å²) in [6.45, 7) is 9.06. The predicted molar refractivity (Wildman–Crippen MR) is 174 cm³/mol. The Bertz CT molecular complexity index is 1930. The van der Waals surface area contributed by atoms with Crippen LogP contribution in [0.2, 0.25) is 0 Å². The lowest BCUT2D eigenvalue weighted by Crippen LogP contribution is -2.29. The molecule has 0 saturated heterocycles. The number of hydrogen-bond donors (Lipinski definition) is 2. The van der Waals surface area contributed by atoms with Gasteiger partial charge in [0.05, 0.1) is 12.6 Å². The highest BCUT2D eigenvalue weighted by Gasteiger charge is 2.24. The molecule has 0 atom stereocenters.